The molecular formula is C11H17ClN2OS. The molecule has 0 aromatic carbocycles. The van der Waals surface area contributed by atoms with E-state index in [4.69, 9.17) is 0 Å². The van der Waals surface area contributed by atoms with E-state index in [2.05, 4.69) is 10.6 Å². The summed E-state index contributed by atoms with van der Waals surface area (Å²) in [6.07, 6.45) is 1.04. The Morgan fingerprint density at radius 3 is 3.06 bits per heavy atom. The Hall–Kier alpha value is -0.580. The number of thiophene rings is 1. The summed E-state index contributed by atoms with van der Waals surface area (Å²) in [5.41, 5.74) is 0. The first-order chi connectivity index (χ1) is 7.27. The van der Waals surface area contributed by atoms with Crippen molar-refractivity contribution in [2.24, 2.45) is 0 Å². The van der Waals surface area contributed by atoms with E-state index < -0.39 is 0 Å². The van der Waals surface area contributed by atoms with Gasteiger partial charge in [-0.25, -0.2) is 0 Å². The fourth-order valence-electron chi connectivity index (χ4n) is 1.77. The molecule has 1 aliphatic rings. The maximum Gasteiger partial charge on any atom is 0.228 e. The highest BCUT2D eigenvalue weighted by Gasteiger charge is 2.21. The van der Waals surface area contributed by atoms with Gasteiger partial charge in [-0.2, -0.15) is 0 Å². The van der Waals surface area contributed by atoms with E-state index in [0.29, 0.717) is 6.04 Å². The van der Waals surface area contributed by atoms with Crippen LogP contribution < -0.4 is 10.6 Å². The smallest absolute Gasteiger partial charge is 0.228 e. The topological polar surface area (TPSA) is 41.1 Å². The molecule has 90 valence electrons. The van der Waals surface area contributed by atoms with Gasteiger partial charge in [-0.3, -0.25) is 4.79 Å². The molecule has 2 heterocycles. The van der Waals surface area contributed by atoms with E-state index >= 15 is 0 Å². The minimum Gasteiger partial charge on any atom is -0.351 e. The van der Waals surface area contributed by atoms with Gasteiger partial charge < -0.3 is 10.6 Å². The van der Waals surface area contributed by atoms with Gasteiger partial charge >= 0.3 is 0 Å². The molecular weight excluding hydrogens is 244 g/mol. The zero-order valence-electron chi connectivity index (χ0n) is 9.23. The summed E-state index contributed by atoms with van der Waals surface area (Å²) in [5.74, 6) is 0.122. The van der Waals surface area contributed by atoms with Crippen LogP contribution in [0.3, 0.4) is 0 Å². The average Bonchev–Trinajstić information content (AvgIpc) is 2.88. The van der Waals surface area contributed by atoms with Gasteiger partial charge in [0.25, 0.3) is 0 Å². The van der Waals surface area contributed by atoms with Gasteiger partial charge in [0, 0.05) is 17.5 Å². The van der Waals surface area contributed by atoms with E-state index in [9.17, 15) is 4.79 Å². The number of carbonyl (C=O) groups excluding carboxylic acids is 1. The van der Waals surface area contributed by atoms with E-state index in [0.717, 1.165) is 24.4 Å². The molecule has 2 unspecified atom stereocenters. The monoisotopic (exact) mass is 260 g/mol. The zero-order chi connectivity index (χ0) is 10.7. The molecule has 0 spiro atoms. The summed E-state index contributed by atoms with van der Waals surface area (Å²) in [4.78, 5) is 13.0. The third-order valence-electron chi connectivity index (χ3n) is 2.77. The van der Waals surface area contributed by atoms with Crippen LogP contribution >= 0.6 is 23.7 Å². The molecule has 1 fully saturated rings. The average molecular weight is 261 g/mol. The highest BCUT2D eigenvalue weighted by atomic mass is 35.5. The van der Waals surface area contributed by atoms with Crippen LogP contribution in [0.1, 0.15) is 24.1 Å². The Morgan fingerprint density at radius 1 is 1.69 bits per heavy atom. The molecule has 16 heavy (non-hydrogen) atoms. The van der Waals surface area contributed by atoms with Crippen LogP contribution in [-0.4, -0.2) is 25.0 Å². The predicted molar refractivity (Wildman–Crippen MR) is 69.4 cm³/mol. The van der Waals surface area contributed by atoms with Crippen LogP contribution in [-0.2, 0) is 4.79 Å². The van der Waals surface area contributed by atoms with E-state index in [1.807, 2.05) is 24.4 Å². The van der Waals surface area contributed by atoms with Crippen LogP contribution in [0.2, 0.25) is 0 Å². The summed E-state index contributed by atoms with van der Waals surface area (Å²) in [6, 6.07) is 4.32. The highest BCUT2D eigenvalue weighted by molar-refractivity contribution is 7.10. The summed E-state index contributed by atoms with van der Waals surface area (Å²) >= 11 is 1.64. The molecule has 2 N–H and O–H groups in total. The second-order valence-electron chi connectivity index (χ2n) is 3.94. The number of halogens is 1. The van der Waals surface area contributed by atoms with Crippen molar-refractivity contribution < 1.29 is 4.79 Å². The van der Waals surface area contributed by atoms with Crippen LogP contribution in [0.25, 0.3) is 0 Å². The van der Waals surface area contributed by atoms with Gasteiger partial charge in [-0.05, 0) is 31.3 Å². The lowest BCUT2D eigenvalue weighted by Crippen LogP contribution is -2.38. The number of amides is 1. The summed E-state index contributed by atoms with van der Waals surface area (Å²) in [6.45, 7) is 3.88. The summed E-state index contributed by atoms with van der Waals surface area (Å²) in [7, 11) is 0. The normalized spacial score (nSPS) is 21.2. The lowest BCUT2D eigenvalue weighted by Gasteiger charge is -2.15. The third-order valence-corrected chi connectivity index (χ3v) is 3.82. The SMILES string of the molecule is CC(C(=O)NC1CCNC1)c1cccs1.Cl. The molecule has 2 atom stereocenters. The maximum absolute atomic E-state index is 11.9. The Morgan fingerprint density at radius 2 is 2.50 bits per heavy atom. The van der Waals surface area contributed by atoms with E-state index in [1.165, 1.54) is 0 Å². The number of hydrogen-bond acceptors (Lipinski definition) is 3. The molecule has 1 aromatic heterocycles. The highest BCUT2D eigenvalue weighted by Crippen LogP contribution is 2.20. The summed E-state index contributed by atoms with van der Waals surface area (Å²) < 4.78 is 0. The molecule has 1 aliphatic heterocycles. The van der Waals surface area contributed by atoms with Crippen LogP contribution in [0.4, 0.5) is 0 Å². The van der Waals surface area contributed by atoms with Crippen LogP contribution in [0.15, 0.2) is 17.5 Å². The molecule has 2 rings (SSSR count). The van der Waals surface area contributed by atoms with E-state index in [1.54, 1.807) is 11.3 Å². The standard InChI is InChI=1S/C11H16N2OS.ClH/c1-8(10-3-2-6-15-10)11(14)13-9-4-5-12-7-9;/h2-3,6,8-9,12H,4-5,7H2,1H3,(H,13,14);1H. The van der Waals surface area contributed by atoms with Gasteiger partial charge in [0.2, 0.25) is 5.91 Å². The minimum absolute atomic E-state index is 0. The molecule has 0 aliphatic carbocycles. The quantitative estimate of drug-likeness (QED) is 0.870. The molecule has 1 aromatic rings. The van der Waals surface area contributed by atoms with Crippen molar-refractivity contribution in [2.45, 2.75) is 25.3 Å². The summed E-state index contributed by atoms with van der Waals surface area (Å²) in [5, 5.41) is 8.32. The molecule has 5 heteroatoms. The predicted octanol–water partition coefficient (Wildman–Crippen LogP) is 1.75. The lowest BCUT2D eigenvalue weighted by atomic mass is 10.1. The van der Waals surface area contributed by atoms with Crippen LogP contribution in [0.5, 0.6) is 0 Å². The Kier molecular flexibility index (Phi) is 5.25. The minimum atomic E-state index is -0.0226. The molecule has 1 amide bonds. The largest absolute Gasteiger partial charge is 0.351 e. The van der Waals surface area contributed by atoms with Crippen molar-refractivity contribution in [3.05, 3.63) is 22.4 Å². The van der Waals surface area contributed by atoms with Crippen molar-refractivity contribution >= 4 is 29.7 Å². The fourth-order valence-corrected chi connectivity index (χ4v) is 2.55. The van der Waals surface area contributed by atoms with Crippen molar-refractivity contribution in [1.82, 2.24) is 10.6 Å². The van der Waals surface area contributed by atoms with Crippen molar-refractivity contribution in [3.63, 3.8) is 0 Å². The fraction of sp³-hybridized carbons (Fsp3) is 0.545. The van der Waals surface area contributed by atoms with Gasteiger partial charge in [0.05, 0.1) is 5.92 Å². The number of nitrogens with one attached hydrogen (secondary N) is 2. The van der Waals surface area contributed by atoms with Crippen molar-refractivity contribution in [2.75, 3.05) is 13.1 Å². The lowest BCUT2D eigenvalue weighted by molar-refractivity contribution is -0.122. The van der Waals surface area contributed by atoms with Gasteiger partial charge in [0.1, 0.15) is 0 Å². The maximum atomic E-state index is 11.9. The number of rotatable bonds is 3. The number of hydrogen-bond donors (Lipinski definition) is 2. The molecule has 0 saturated carbocycles. The Balaban J connectivity index is 0.00000128. The molecule has 0 radical (unpaired) electrons. The van der Waals surface area contributed by atoms with E-state index in [-0.39, 0.29) is 24.2 Å². The van der Waals surface area contributed by atoms with Gasteiger partial charge in [-0.1, -0.05) is 6.07 Å². The second-order valence-corrected chi connectivity index (χ2v) is 4.91. The van der Waals surface area contributed by atoms with Crippen molar-refractivity contribution in [1.29, 1.82) is 0 Å². The molecule has 0 bridgehead atoms. The van der Waals surface area contributed by atoms with Crippen molar-refractivity contribution in [3.8, 4) is 0 Å². The molecule has 3 nitrogen and oxygen atoms in total. The molecule has 1 saturated heterocycles. The second kappa shape index (κ2) is 6.23. The third kappa shape index (κ3) is 3.20. The first-order valence-corrected chi connectivity index (χ1v) is 6.20. The number of carbonyl (C=O) groups is 1. The Bertz CT molecular complexity index is 323. The first kappa shape index (κ1) is 13.5. The zero-order valence-corrected chi connectivity index (χ0v) is 10.9. The van der Waals surface area contributed by atoms with Gasteiger partial charge in [0.15, 0.2) is 0 Å². The first-order valence-electron chi connectivity index (χ1n) is 5.32. The van der Waals surface area contributed by atoms with Crippen LogP contribution in [0, 0.1) is 0 Å². The van der Waals surface area contributed by atoms with Gasteiger partial charge in [-0.15, -0.1) is 23.7 Å². The Labute approximate surface area is 106 Å².